The lowest BCUT2D eigenvalue weighted by atomic mass is 10.0. The summed E-state index contributed by atoms with van der Waals surface area (Å²) < 4.78 is 0. The summed E-state index contributed by atoms with van der Waals surface area (Å²) in [6, 6.07) is 1.59. The summed E-state index contributed by atoms with van der Waals surface area (Å²) in [7, 11) is 0. The molecule has 0 amide bonds. The van der Waals surface area contributed by atoms with Crippen molar-refractivity contribution < 1.29 is 20.2 Å². The normalized spacial score (nSPS) is 11.6. The highest BCUT2D eigenvalue weighted by molar-refractivity contribution is 5.85. The highest BCUT2D eigenvalue weighted by Crippen LogP contribution is 2.37. The van der Waals surface area contributed by atoms with E-state index in [4.69, 9.17) is 10.8 Å². The summed E-state index contributed by atoms with van der Waals surface area (Å²) in [5, 5.41) is 37.7. The van der Waals surface area contributed by atoms with E-state index in [1.165, 1.54) is 0 Å². The van der Waals surface area contributed by atoms with Crippen LogP contribution < -0.4 is 5.73 Å². The van der Waals surface area contributed by atoms with Gasteiger partial charge in [0.25, 0.3) is 0 Å². The fourth-order valence-electron chi connectivity index (χ4n) is 1.28. The Morgan fingerprint density at radius 2 is 2.00 bits per heavy atom. The molecule has 0 aliphatic heterocycles. The molecule has 17 heavy (non-hydrogen) atoms. The summed E-state index contributed by atoms with van der Waals surface area (Å²) in [5.41, 5.74) is 5.30. The number of hydrogen-bond donors (Lipinski definition) is 4. The number of nitro benzene ring substituents is 1. The lowest BCUT2D eigenvalue weighted by molar-refractivity contribution is -0.386. The highest BCUT2D eigenvalue weighted by atomic mass is 35.5. The average Bonchev–Trinajstić information content (AvgIpc) is 2.21. The second-order valence-electron chi connectivity index (χ2n) is 3.28. The molecule has 96 valence electrons. The molecule has 0 aliphatic rings. The zero-order valence-electron chi connectivity index (χ0n) is 8.74. The Kier molecular flexibility index (Phi) is 5.66. The third-order valence-electron chi connectivity index (χ3n) is 2.16. The first kappa shape index (κ1) is 15.4. The number of phenols is 2. The molecule has 0 fully saturated rings. The Labute approximate surface area is 103 Å². The molecule has 1 aromatic carbocycles. The number of nitrogens with two attached hydrogens (primary N) is 1. The van der Waals surface area contributed by atoms with Crippen LogP contribution in [0.15, 0.2) is 12.1 Å². The molecule has 0 aromatic heterocycles. The number of benzene rings is 1. The molecule has 0 radical (unpaired) electrons. The summed E-state index contributed by atoms with van der Waals surface area (Å²) in [4.78, 5) is 9.74. The van der Waals surface area contributed by atoms with E-state index < -0.39 is 28.2 Å². The highest BCUT2D eigenvalue weighted by Gasteiger charge is 2.20. The van der Waals surface area contributed by atoms with E-state index in [-0.39, 0.29) is 31.0 Å². The van der Waals surface area contributed by atoms with Crippen molar-refractivity contribution in [1.29, 1.82) is 0 Å². The van der Waals surface area contributed by atoms with E-state index in [9.17, 15) is 20.3 Å². The zero-order valence-corrected chi connectivity index (χ0v) is 9.55. The number of nitro groups is 1. The van der Waals surface area contributed by atoms with Crippen LogP contribution in [0.1, 0.15) is 18.0 Å². The minimum absolute atomic E-state index is 0. The minimum atomic E-state index is -0.815. The first-order valence-electron chi connectivity index (χ1n) is 4.54. The minimum Gasteiger partial charge on any atom is -0.504 e. The van der Waals surface area contributed by atoms with Crippen molar-refractivity contribution in [3.05, 3.63) is 27.8 Å². The summed E-state index contributed by atoms with van der Waals surface area (Å²) in [5.74, 6) is -1.39. The molecular formula is C9H13ClN2O5. The molecule has 0 saturated carbocycles. The van der Waals surface area contributed by atoms with E-state index in [2.05, 4.69) is 0 Å². The van der Waals surface area contributed by atoms with Gasteiger partial charge in [0.1, 0.15) is 0 Å². The van der Waals surface area contributed by atoms with Crippen LogP contribution in [-0.4, -0.2) is 26.8 Å². The van der Waals surface area contributed by atoms with Crippen molar-refractivity contribution in [2.24, 2.45) is 5.73 Å². The topological polar surface area (TPSA) is 130 Å². The largest absolute Gasteiger partial charge is 0.504 e. The molecule has 8 heteroatoms. The third kappa shape index (κ3) is 3.45. The van der Waals surface area contributed by atoms with Crippen molar-refractivity contribution in [3.8, 4) is 11.5 Å². The van der Waals surface area contributed by atoms with Gasteiger partial charge in [0.2, 0.25) is 5.75 Å². The number of aliphatic hydroxyl groups excluding tert-OH is 1. The van der Waals surface area contributed by atoms with Gasteiger partial charge >= 0.3 is 5.69 Å². The van der Waals surface area contributed by atoms with E-state index in [0.29, 0.717) is 0 Å². The van der Waals surface area contributed by atoms with Crippen molar-refractivity contribution in [1.82, 2.24) is 0 Å². The molecule has 5 N–H and O–H groups in total. The van der Waals surface area contributed by atoms with Gasteiger partial charge in [-0.15, -0.1) is 12.4 Å². The van der Waals surface area contributed by atoms with Crippen LogP contribution in [0.3, 0.4) is 0 Å². The van der Waals surface area contributed by atoms with Gasteiger partial charge in [0, 0.05) is 18.7 Å². The van der Waals surface area contributed by atoms with Gasteiger partial charge in [-0.05, 0) is 18.1 Å². The Balaban J connectivity index is 0.00000256. The maximum Gasteiger partial charge on any atom is 0.314 e. The Bertz CT molecular complexity index is 413. The number of hydrogen-bond acceptors (Lipinski definition) is 6. The standard InChI is InChI=1S/C9H12N2O5.ClH/c10-6(1-2-12)5-3-7(11(15)16)9(14)8(13)4-5;/h3-4,6,12-14H,1-2,10H2;1H/t6-;/m1./s1. The predicted molar refractivity (Wildman–Crippen MR) is 62.3 cm³/mol. The molecule has 1 rings (SSSR count). The number of aliphatic hydroxyl groups is 1. The van der Waals surface area contributed by atoms with E-state index >= 15 is 0 Å². The van der Waals surface area contributed by atoms with E-state index in [1.807, 2.05) is 0 Å². The molecule has 0 unspecified atom stereocenters. The van der Waals surface area contributed by atoms with Gasteiger partial charge < -0.3 is 21.1 Å². The number of phenolic OH excluding ortho intramolecular Hbond substituents is 2. The van der Waals surface area contributed by atoms with Gasteiger partial charge in [-0.2, -0.15) is 0 Å². The van der Waals surface area contributed by atoms with Crippen LogP contribution in [0.2, 0.25) is 0 Å². The molecule has 1 aromatic rings. The molecule has 0 spiro atoms. The van der Waals surface area contributed by atoms with Crippen molar-refractivity contribution in [2.75, 3.05) is 6.61 Å². The lowest BCUT2D eigenvalue weighted by Crippen LogP contribution is -2.12. The van der Waals surface area contributed by atoms with Crippen LogP contribution in [0.25, 0.3) is 0 Å². The lowest BCUT2D eigenvalue weighted by Gasteiger charge is -2.11. The number of aromatic hydroxyl groups is 2. The Hall–Kier alpha value is -1.57. The quantitative estimate of drug-likeness (QED) is 0.362. The van der Waals surface area contributed by atoms with Gasteiger partial charge in [-0.3, -0.25) is 10.1 Å². The maximum absolute atomic E-state index is 10.6. The third-order valence-corrected chi connectivity index (χ3v) is 2.16. The van der Waals surface area contributed by atoms with Gasteiger partial charge in [-0.25, -0.2) is 0 Å². The second kappa shape index (κ2) is 6.24. The average molecular weight is 265 g/mol. The molecule has 1 atom stereocenters. The van der Waals surface area contributed by atoms with Crippen molar-refractivity contribution in [2.45, 2.75) is 12.5 Å². The van der Waals surface area contributed by atoms with E-state index in [1.54, 1.807) is 0 Å². The smallest absolute Gasteiger partial charge is 0.314 e. The first-order chi connectivity index (χ1) is 7.47. The molecule has 0 bridgehead atoms. The summed E-state index contributed by atoms with van der Waals surface area (Å²) in [6.07, 6.45) is 0.210. The molecule has 0 heterocycles. The Morgan fingerprint density at radius 1 is 1.41 bits per heavy atom. The van der Waals surface area contributed by atoms with Crippen LogP contribution in [0, 0.1) is 10.1 Å². The Morgan fingerprint density at radius 3 is 2.47 bits per heavy atom. The number of nitrogens with zero attached hydrogens (tertiary/aromatic N) is 1. The summed E-state index contributed by atoms with van der Waals surface area (Å²) >= 11 is 0. The maximum atomic E-state index is 10.6. The first-order valence-corrected chi connectivity index (χ1v) is 4.54. The molecule has 7 nitrogen and oxygen atoms in total. The van der Waals surface area contributed by atoms with Gasteiger partial charge in [0.15, 0.2) is 5.75 Å². The van der Waals surface area contributed by atoms with Gasteiger partial charge in [-0.1, -0.05) is 0 Å². The predicted octanol–water partition coefficient (Wildman–Crippen LogP) is 0.810. The second-order valence-corrected chi connectivity index (χ2v) is 3.28. The van der Waals surface area contributed by atoms with Crippen molar-refractivity contribution in [3.63, 3.8) is 0 Å². The number of halogens is 1. The van der Waals surface area contributed by atoms with E-state index in [0.717, 1.165) is 12.1 Å². The monoisotopic (exact) mass is 264 g/mol. The van der Waals surface area contributed by atoms with Crippen molar-refractivity contribution >= 4 is 18.1 Å². The van der Waals surface area contributed by atoms with Crippen LogP contribution >= 0.6 is 12.4 Å². The zero-order chi connectivity index (χ0) is 12.3. The van der Waals surface area contributed by atoms with Crippen LogP contribution in [0.4, 0.5) is 5.69 Å². The van der Waals surface area contributed by atoms with Gasteiger partial charge in [0.05, 0.1) is 4.92 Å². The fraction of sp³-hybridized carbons (Fsp3) is 0.333. The molecule has 0 saturated heterocycles. The molecule has 0 aliphatic carbocycles. The number of rotatable bonds is 4. The molecular weight excluding hydrogens is 252 g/mol. The van der Waals surface area contributed by atoms with Crippen LogP contribution in [-0.2, 0) is 0 Å². The van der Waals surface area contributed by atoms with Crippen LogP contribution in [0.5, 0.6) is 11.5 Å². The SMILES string of the molecule is Cl.N[C@H](CCO)c1cc(O)c(O)c([N+](=O)[O-])c1. The fourth-order valence-corrected chi connectivity index (χ4v) is 1.28. The summed E-state index contributed by atoms with van der Waals surface area (Å²) in [6.45, 7) is -0.170.